The molecule has 0 aliphatic heterocycles. The molecule has 0 aromatic heterocycles. The summed E-state index contributed by atoms with van der Waals surface area (Å²) in [6.07, 6.45) is 0.0636. The van der Waals surface area contributed by atoms with Gasteiger partial charge in [0.2, 0.25) is 0 Å². The first-order valence-corrected chi connectivity index (χ1v) is 7.88. The first-order chi connectivity index (χ1) is 12.2. The largest absolute Gasteiger partial charge is 0.497 e. The number of methoxy groups -OCH3 is 2. The maximum Gasteiger partial charge on any atom is 0.407 e. The molecule has 5 nitrogen and oxygen atoms in total. The highest BCUT2D eigenvalue weighted by molar-refractivity contribution is 5.67. The first-order valence-electron chi connectivity index (χ1n) is 7.88. The second-order valence-electron chi connectivity index (χ2n) is 5.14. The molecule has 130 valence electrons. The summed E-state index contributed by atoms with van der Waals surface area (Å²) < 4.78 is 15.5. The molecule has 0 atom stereocenters. The number of rotatable bonds is 6. The molecule has 2 rings (SSSR count). The molecule has 0 radical (unpaired) electrons. The Morgan fingerprint density at radius 2 is 1.72 bits per heavy atom. The fraction of sp³-hybridized carbons (Fsp3) is 0.250. The van der Waals surface area contributed by atoms with E-state index < -0.39 is 6.09 Å². The van der Waals surface area contributed by atoms with Crippen LogP contribution in [0.15, 0.2) is 48.5 Å². The Balaban J connectivity index is 1.74. The van der Waals surface area contributed by atoms with Crippen molar-refractivity contribution >= 4 is 6.09 Å². The van der Waals surface area contributed by atoms with Crippen LogP contribution < -0.4 is 14.8 Å². The number of amides is 1. The van der Waals surface area contributed by atoms with Gasteiger partial charge in [-0.3, -0.25) is 0 Å². The van der Waals surface area contributed by atoms with E-state index in [2.05, 4.69) is 17.2 Å². The van der Waals surface area contributed by atoms with Crippen molar-refractivity contribution in [3.8, 4) is 23.3 Å². The van der Waals surface area contributed by atoms with Crippen LogP contribution in [-0.2, 0) is 11.3 Å². The number of hydrogen-bond donors (Lipinski definition) is 1. The lowest BCUT2D eigenvalue weighted by Crippen LogP contribution is -2.24. The van der Waals surface area contributed by atoms with Gasteiger partial charge in [0, 0.05) is 24.6 Å². The fourth-order valence-corrected chi connectivity index (χ4v) is 2.05. The van der Waals surface area contributed by atoms with Crippen molar-refractivity contribution in [1.29, 1.82) is 0 Å². The Labute approximate surface area is 147 Å². The molecule has 0 heterocycles. The van der Waals surface area contributed by atoms with Gasteiger partial charge >= 0.3 is 6.09 Å². The van der Waals surface area contributed by atoms with Crippen LogP contribution in [0.25, 0.3) is 0 Å². The molecule has 1 amide bonds. The monoisotopic (exact) mass is 339 g/mol. The predicted molar refractivity (Wildman–Crippen MR) is 95.7 cm³/mol. The summed E-state index contributed by atoms with van der Waals surface area (Å²) in [5, 5.41) is 2.67. The van der Waals surface area contributed by atoms with Gasteiger partial charge in [0.25, 0.3) is 0 Å². The van der Waals surface area contributed by atoms with E-state index in [1.54, 1.807) is 20.3 Å². The lowest BCUT2D eigenvalue weighted by atomic mass is 10.2. The average molecular weight is 339 g/mol. The van der Waals surface area contributed by atoms with Gasteiger partial charge in [-0.2, -0.15) is 0 Å². The minimum atomic E-state index is -0.450. The van der Waals surface area contributed by atoms with E-state index in [0.717, 1.165) is 11.1 Å². The topological polar surface area (TPSA) is 56.8 Å². The van der Waals surface area contributed by atoms with Crippen molar-refractivity contribution in [2.24, 2.45) is 0 Å². The normalized spacial score (nSPS) is 9.52. The maximum absolute atomic E-state index is 11.6. The number of alkyl carbamates (subject to hydrolysis) is 1. The van der Waals surface area contributed by atoms with Gasteiger partial charge in [0.15, 0.2) is 0 Å². The molecule has 2 aromatic carbocycles. The SMILES string of the molecule is COc1cc(C#CCCNC(=O)OCc2ccccc2)cc(OC)c1. The minimum absolute atomic E-state index is 0.252. The number of hydrogen-bond acceptors (Lipinski definition) is 4. The molecular weight excluding hydrogens is 318 g/mol. The number of ether oxygens (including phenoxy) is 3. The molecule has 25 heavy (non-hydrogen) atoms. The van der Waals surface area contributed by atoms with Crippen LogP contribution in [0, 0.1) is 11.8 Å². The molecule has 5 heteroatoms. The van der Waals surface area contributed by atoms with Crippen LogP contribution in [0.1, 0.15) is 17.5 Å². The van der Waals surface area contributed by atoms with Gasteiger partial charge in [-0.1, -0.05) is 42.2 Å². The average Bonchev–Trinajstić information content (AvgIpc) is 2.66. The number of carbonyl (C=O) groups is 1. The minimum Gasteiger partial charge on any atom is -0.497 e. The van der Waals surface area contributed by atoms with Crippen molar-refractivity contribution < 1.29 is 19.0 Å². The van der Waals surface area contributed by atoms with E-state index in [1.807, 2.05) is 42.5 Å². The lowest BCUT2D eigenvalue weighted by Gasteiger charge is -2.05. The number of nitrogens with one attached hydrogen (secondary N) is 1. The molecule has 0 unspecified atom stereocenters. The predicted octanol–water partition coefficient (Wildman–Crippen LogP) is 3.37. The Morgan fingerprint density at radius 3 is 2.36 bits per heavy atom. The molecule has 0 spiro atoms. The van der Waals surface area contributed by atoms with Crippen LogP contribution in [-0.4, -0.2) is 26.9 Å². The Bertz CT molecular complexity index is 725. The van der Waals surface area contributed by atoms with E-state index >= 15 is 0 Å². The summed E-state index contributed by atoms with van der Waals surface area (Å²) in [6.45, 7) is 0.670. The second kappa shape index (κ2) is 9.89. The zero-order valence-corrected chi connectivity index (χ0v) is 14.4. The Morgan fingerprint density at radius 1 is 1.04 bits per heavy atom. The summed E-state index contributed by atoms with van der Waals surface area (Å²) in [7, 11) is 3.19. The van der Waals surface area contributed by atoms with E-state index in [9.17, 15) is 4.79 Å². The number of benzene rings is 2. The van der Waals surface area contributed by atoms with Crippen molar-refractivity contribution in [3.05, 3.63) is 59.7 Å². The van der Waals surface area contributed by atoms with Crippen molar-refractivity contribution in [3.63, 3.8) is 0 Å². The van der Waals surface area contributed by atoms with Gasteiger partial charge in [-0.05, 0) is 17.7 Å². The first kappa shape index (κ1) is 18.2. The molecular formula is C20H21NO4. The van der Waals surface area contributed by atoms with Crippen LogP contribution in [0.4, 0.5) is 4.79 Å². The summed E-state index contributed by atoms with van der Waals surface area (Å²) in [5.74, 6) is 7.40. The van der Waals surface area contributed by atoms with Crippen molar-refractivity contribution in [2.75, 3.05) is 20.8 Å². The molecule has 0 aliphatic rings. The van der Waals surface area contributed by atoms with Crippen molar-refractivity contribution in [2.45, 2.75) is 13.0 Å². The van der Waals surface area contributed by atoms with E-state index in [0.29, 0.717) is 24.5 Å². The standard InChI is InChI=1S/C20H21NO4/c1-23-18-12-17(13-19(14-18)24-2)10-6-7-11-21-20(22)25-15-16-8-4-3-5-9-16/h3-5,8-9,12-14H,7,11,15H2,1-2H3,(H,21,22). The highest BCUT2D eigenvalue weighted by Crippen LogP contribution is 2.21. The zero-order valence-electron chi connectivity index (χ0n) is 14.4. The third-order valence-corrected chi connectivity index (χ3v) is 3.32. The van der Waals surface area contributed by atoms with Crippen LogP contribution in [0.5, 0.6) is 11.5 Å². The Kier molecular flexibility index (Phi) is 7.20. The molecule has 0 bridgehead atoms. The quantitative estimate of drug-likeness (QED) is 0.647. The van der Waals surface area contributed by atoms with Crippen LogP contribution in [0.3, 0.4) is 0 Å². The van der Waals surface area contributed by atoms with E-state index in [-0.39, 0.29) is 6.61 Å². The van der Waals surface area contributed by atoms with Gasteiger partial charge in [-0.25, -0.2) is 4.79 Å². The summed E-state index contributed by atoms with van der Waals surface area (Å²) in [4.78, 5) is 11.6. The second-order valence-corrected chi connectivity index (χ2v) is 5.14. The molecule has 0 saturated heterocycles. The lowest BCUT2D eigenvalue weighted by molar-refractivity contribution is 0.140. The van der Waals surface area contributed by atoms with Crippen LogP contribution in [0.2, 0.25) is 0 Å². The highest BCUT2D eigenvalue weighted by atomic mass is 16.5. The van der Waals surface area contributed by atoms with E-state index in [4.69, 9.17) is 14.2 Å². The van der Waals surface area contributed by atoms with Gasteiger partial charge in [0.1, 0.15) is 18.1 Å². The zero-order chi connectivity index (χ0) is 17.9. The molecule has 0 aliphatic carbocycles. The molecule has 1 N–H and O–H groups in total. The van der Waals surface area contributed by atoms with Gasteiger partial charge in [-0.15, -0.1) is 0 Å². The van der Waals surface area contributed by atoms with Crippen LogP contribution >= 0.6 is 0 Å². The third-order valence-electron chi connectivity index (χ3n) is 3.32. The smallest absolute Gasteiger partial charge is 0.407 e. The third kappa shape index (κ3) is 6.48. The van der Waals surface area contributed by atoms with Gasteiger partial charge < -0.3 is 19.5 Å². The summed E-state index contributed by atoms with van der Waals surface area (Å²) in [6, 6.07) is 15.0. The maximum atomic E-state index is 11.6. The van der Waals surface area contributed by atoms with E-state index in [1.165, 1.54) is 0 Å². The molecule has 0 fully saturated rings. The van der Waals surface area contributed by atoms with Gasteiger partial charge in [0.05, 0.1) is 14.2 Å². The Hall–Kier alpha value is -3.13. The summed E-state index contributed by atoms with van der Waals surface area (Å²) in [5.41, 5.74) is 1.74. The number of carbonyl (C=O) groups excluding carboxylic acids is 1. The molecule has 0 saturated carbocycles. The fourth-order valence-electron chi connectivity index (χ4n) is 2.05. The molecule has 2 aromatic rings. The van der Waals surface area contributed by atoms with Crippen molar-refractivity contribution in [1.82, 2.24) is 5.32 Å². The highest BCUT2D eigenvalue weighted by Gasteiger charge is 2.01. The summed E-state index contributed by atoms with van der Waals surface area (Å²) >= 11 is 0.